The topological polar surface area (TPSA) is 43.4 Å². The van der Waals surface area contributed by atoms with Crippen molar-refractivity contribution in [2.45, 2.75) is 111 Å². The zero-order valence-electron chi connectivity index (χ0n) is 17.3. The highest BCUT2D eigenvalue weighted by Gasteiger charge is 2.12. The van der Waals surface area contributed by atoms with Gasteiger partial charge in [-0.1, -0.05) is 85.5 Å². The van der Waals surface area contributed by atoms with Gasteiger partial charge in [0.25, 0.3) is 0 Å². The molecular weight excluding hydrogens is 312 g/mol. The normalized spacial score (nSPS) is 12.4. The fourth-order valence-corrected chi connectivity index (χ4v) is 2.95. The maximum absolute atomic E-state index is 11.8. The van der Waals surface area contributed by atoms with E-state index >= 15 is 0 Å². The molecule has 0 N–H and O–H groups in total. The lowest BCUT2D eigenvalue weighted by Crippen LogP contribution is -2.14. The molecule has 0 heterocycles. The second kappa shape index (κ2) is 16.6. The Hall–Kier alpha value is -0.860. The van der Waals surface area contributed by atoms with Gasteiger partial charge in [-0.3, -0.25) is 9.59 Å². The molecule has 0 rings (SSSR count). The van der Waals surface area contributed by atoms with Gasteiger partial charge in [0.2, 0.25) is 0 Å². The van der Waals surface area contributed by atoms with Crippen LogP contribution in [0.3, 0.4) is 0 Å². The Balaban J connectivity index is 3.63. The van der Waals surface area contributed by atoms with Gasteiger partial charge in [0.15, 0.2) is 0 Å². The van der Waals surface area contributed by atoms with E-state index in [1.807, 2.05) is 13.8 Å². The van der Waals surface area contributed by atoms with Crippen LogP contribution < -0.4 is 0 Å². The highest BCUT2D eigenvalue weighted by Crippen LogP contribution is 2.16. The van der Waals surface area contributed by atoms with Crippen LogP contribution in [0.1, 0.15) is 111 Å². The average molecular weight is 355 g/mol. The number of esters is 1. The van der Waals surface area contributed by atoms with Crippen LogP contribution in [0, 0.1) is 11.8 Å². The van der Waals surface area contributed by atoms with E-state index in [-0.39, 0.29) is 17.7 Å². The van der Waals surface area contributed by atoms with E-state index < -0.39 is 0 Å². The van der Waals surface area contributed by atoms with Crippen molar-refractivity contribution in [3.8, 4) is 0 Å². The van der Waals surface area contributed by atoms with Gasteiger partial charge in [-0.25, -0.2) is 0 Å². The monoisotopic (exact) mass is 354 g/mol. The minimum atomic E-state index is -0.147. The summed E-state index contributed by atoms with van der Waals surface area (Å²) in [5.74, 6) is 0.633. The molecule has 0 amide bonds. The minimum Gasteiger partial charge on any atom is -0.465 e. The molecule has 0 aromatic rings. The number of ketones is 1. The van der Waals surface area contributed by atoms with Crippen molar-refractivity contribution in [2.24, 2.45) is 11.8 Å². The third-order valence-corrected chi connectivity index (χ3v) is 4.97. The third-order valence-electron chi connectivity index (χ3n) is 4.97. The molecule has 0 aliphatic rings. The van der Waals surface area contributed by atoms with E-state index in [4.69, 9.17) is 4.74 Å². The van der Waals surface area contributed by atoms with Crippen LogP contribution in [0.15, 0.2) is 0 Å². The number of carbonyl (C=O) groups excluding carboxylic acids is 2. The van der Waals surface area contributed by atoms with Gasteiger partial charge in [-0.2, -0.15) is 0 Å². The lowest BCUT2D eigenvalue weighted by molar-refractivity contribution is -0.145. The maximum atomic E-state index is 11.8. The van der Waals surface area contributed by atoms with Crippen molar-refractivity contribution in [2.75, 3.05) is 6.61 Å². The second-order valence-corrected chi connectivity index (χ2v) is 7.70. The standard InChI is InChI=1S/C22H42O3/c1-5-7-8-9-10-11-12-13-15-20(6-2)18-25-22(24)17-14-16-21(23)19(3)4/h19-20H,5-18H2,1-4H3. The van der Waals surface area contributed by atoms with Gasteiger partial charge < -0.3 is 4.74 Å². The summed E-state index contributed by atoms with van der Waals surface area (Å²) in [4.78, 5) is 23.3. The molecule has 0 fully saturated rings. The number of ether oxygens (including phenoxy) is 1. The number of Topliss-reactive ketones (excluding diaryl/α,β-unsaturated/α-hetero) is 1. The Bertz CT molecular complexity index is 336. The molecule has 0 bridgehead atoms. The van der Waals surface area contributed by atoms with Gasteiger partial charge in [-0.05, 0) is 18.8 Å². The van der Waals surface area contributed by atoms with Gasteiger partial charge in [0, 0.05) is 18.8 Å². The molecule has 0 saturated carbocycles. The number of carbonyl (C=O) groups is 2. The quantitative estimate of drug-likeness (QED) is 0.222. The number of hydrogen-bond donors (Lipinski definition) is 0. The van der Waals surface area contributed by atoms with Crippen LogP contribution in [0.2, 0.25) is 0 Å². The Morgan fingerprint density at radius 2 is 1.40 bits per heavy atom. The summed E-state index contributed by atoms with van der Waals surface area (Å²) in [7, 11) is 0. The average Bonchev–Trinajstić information content (AvgIpc) is 2.59. The first kappa shape index (κ1) is 24.1. The molecule has 148 valence electrons. The molecule has 3 nitrogen and oxygen atoms in total. The molecule has 0 radical (unpaired) electrons. The maximum Gasteiger partial charge on any atom is 0.305 e. The highest BCUT2D eigenvalue weighted by atomic mass is 16.5. The van der Waals surface area contributed by atoms with Crippen molar-refractivity contribution in [1.29, 1.82) is 0 Å². The molecule has 0 aliphatic heterocycles. The minimum absolute atomic E-state index is 0.0622. The third kappa shape index (κ3) is 15.1. The van der Waals surface area contributed by atoms with Gasteiger partial charge in [0.05, 0.1) is 6.61 Å². The van der Waals surface area contributed by atoms with E-state index in [1.165, 1.54) is 51.4 Å². The first-order valence-electron chi connectivity index (χ1n) is 10.7. The zero-order valence-corrected chi connectivity index (χ0v) is 17.3. The fourth-order valence-electron chi connectivity index (χ4n) is 2.95. The van der Waals surface area contributed by atoms with E-state index in [0.717, 1.165) is 12.8 Å². The summed E-state index contributed by atoms with van der Waals surface area (Å²) in [6.07, 6.45) is 14.4. The van der Waals surface area contributed by atoms with Crippen molar-refractivity contribution in [1.82, 2.24) is 0 Å². The summed E-state index contributed by atoms with van der Waals surface area (Å²) >= 11 is 0. The van der Waals surface area contributed by atoms with Crippen molar-refractivity contribution in [3.63, 3.8) is 0 Å². The Kier molecular flexibility index (Phi) is 16.0. The lowest BCUT2D eigenvalue weighted by atomic mass is 9.98. The summed E-state index contributed by atoms with van der Waals surface area (Å²) < 4.78 is 5.41. The molecular formula is C22H42O3. The number of rotatable bonds is 17. The molecule has 1 atom stereocenters. The molecule has 0 aliphatic carbocycles. The number of hydrogen-bond acceptors (Lipinski definition) is 3. The van der Waals surface area contributed by atoms with Gasteiger partial charge in [0.1, 0.15) is 5.78 Å². The van der Waals surface area contributed by atoms with Crippen molar-refractivity contribution in [3.05, 3.63) is 0 Å². The SMILES string of the molecule is CCCCCCCCCCC(CC)COC(=O)CCCC(=O)C(C)C. The first-order chi connectivity index (χ1) is 12.0. The van der Waals surface area contributed by atoms with E-state index in [2.05, 4.69) is 13.8 Å². The first-order valence-corrected chi connectivity index (χ1v) is 10.7. The Morgan fingerprint density at radius 3 is 1.96 bits per heavy atom. The van der Waals surface area contributed by atoms with Gasteiger partial charge in [-0.15, -0.1) is 0 Å². The van der Waals surface area contributed by atoms with Crippen molar-refractivity contribution >= 4 is 11.8 Å². The number of unbranched alkanes of at least 4 members (excludes halogenated alkanes) is 7. The summed E-state index contributed by atoms with van der Waals surface area (Å²) in [6.45, 7) is 8.77. The van der Waals surface area contributed by atoms with Crippen LogP contribution in [0.4, 0.5) is 0 Å². The molecule has 1 unspecified atom stereocenters. The van der Waals surface area contributed by atoms with E-state index in [0.29, 0.717) is 31.8 Å². The second-order valence-electron chi connectivity index (χ2n) is 7.70. The summed E-state index contributed by atoms with van der Waals surface area (Å²) in [5.41, 5.74) is 0. The molecule has 0 aromatic carbocycles. The fraction of sp³-hybridized carbons (Fsp3) is 0.909. The Labute approximate surface area is 156 Å². The molecule has 0 saturated heterocycles. The van der Waals surface area contributed by atoms with Crippen LogP contribution in [0.25, 0.3) is 0 Å². The smallest absolute Gasteiger partial charge is 0.305 e. The molecule has 25 heavy (non-hydrogen) atoms. The molecule has 3 heteroatoms. The van der Waals surface area contributed by atoms with E-state index in [1.54, 1.807) is 0 Å². The van der Waals surface area contributed by atoms with E-state index in [9.17, 15) is 9.59 Å². The zero-order chi connectivity index (χ0) is 18.9. The van der Waals surface area contributed by atoms with Crippen LogP contribution in [-0.4, -0.2) is 18.4 Å². The summed E-state index contributed by atoms with van der Waals surface area (Å²) in [6, 6.07) is 0. The van der Waals surface area contributed by atoms with Crippen molar-refractivity contribution < 1.29 is 14.3 Å². The van der Waals surface area contributed by atoms with Crippen LogP contribution in [-0.2, 0) is 14.3 Å². The molecule has 0 aromatic heterocycles. The predicted octanol–water partition coefficient (Wildman–Crippen LogP) is 6.48. The lowest BCUT2D eigenvalue weighted by Gasteiger charge is -2.15. The van der Waals surface area contributed by atoms with Gasteiger partial charge >= 0.3 is 5.97 Å². The van der Waals surface area contributed by atoms with Crippen LogP contribution in [0.5, 0.6) is 0 Å². The Morgan fingerprint density at radius 1 is 0.800 bits per heavy atom. The summed E-state index contributed by atoms with van der Waals surface area (Å²) in [5, 5.41) is 0. The highest BCUT2D eigenvalue weighted by molar-refractivity contribution is 5.80. The molecule has 0 spiro atoms. The van der Waals surface area contributed by atoms with Crippen LogP contribution >= 0.6 is 0 Å². The largest absolute Gasteiger partial charge is 0.465 e. The predicted molar refractivity (Wildman–Crippen MR) is 106 cm³/mol.